The van der Waals surface area contributed by atoms with E-state index in [4.69, 9.17) is 19.7 Å². The van der Waals surface area contributed by atoms with Gasteiger partial charge in [-0.15, -0.1) is 0 Å². The van der Waals surface area contributed by atoms with Crippen LogP contribution in [-0.4, -0.2) is 14.7 Å². The quantitative estimate of drug-likeness (QED) is 0.258. The summed E-state index contributed by atoms with van der Waals surface area (Å²) in [4.78, 5) is 6.98. The molecule has 0 saturated carbocycles. The van der Waals surface area contributed by atoms with E-state index in [1.165, 1.54) is 77.9 Å². The van der Waals surface area contributed by atoms with Gasteiger partial charge in [0, 0.05) is 0 Å². The highest BCUT2D eigenvalue weighted by Crippen LogP contribution is 2.40. The summed E-state index contributed by atoms with van der Waals surface area (Å²) in [5, 5.41) is 0. The molecule has 0 unspecified atom stereocenters. The van der Waals surface area contributed by atoms with Gasteiger partial charge in [-0.05, 0) is 150 Å². The van der Waals surface area contributed by atoms with Crippen LogP contribution in [0.5, 0.6) is 0 Å². The van der Waals surface area contributed by atoms with Gasteiger partial charge in [-0.1, -0.05) is 106 Å². The van der Waals surface area contributed by atoms with Crippen LogP contribution in [0.15, 0.2) is 61.5 Å². The zero-order chi connectivity index (χ0) is 38.0. The van der Waals surface area contributed by atoms with Crippen molar-refractivity contribution in [1.29, 1.82) is 0 Å². The first kappa shape index (κ1) is 39.1. The third kappa shape index (κ3) is 7.34. The largest absolute Gasteiger partial charge is 0.310 e. The van der Waals surface area contributed by atoms with Crippen LogP contribution in [0.1, 0.15) is 140 Å². The van der Waals surface area contributed by atoms with Gasteiger partial charge >= 0.3 is 0 Å². The number of hydrogen-bond donors (Lipinski definition) is 0. The maximum atomic E-state index is 4.77. The molecule has 0 aliphatic carbocycles. The van der Waals surface area contributed by atoms with Gasteiger partial charge in [0.15, 0.2) is 0 Å². The van der Waals surface area contributed by atoms with Gasteiger partial charge in [-0.2, -0.15) is 0 Å². The Morgan fingerprint density at radius 2 is 0.680 bits per heavy atom. The summed E-state index contributed by atoms with van der Waals surface area (Å²) in [6, 6.07) is 9.53. The molecule has 4 rings (SSSR count). The van der Waals surface area contributed by atoms with E-state index in [-0.39, 0.29) is 16.2 Å². The minimum atomic E-state index is 0.0798. The highest BCUT2D eigenvalue weighted by molar-refractivity contribution is 5.49. The van der Waals surface area contributed by atoms with Crippen molar-refractivity contribution >= 4 is 0 Å². The zero-order valence-electron chi connectivity index (χ0n) is 34.9. The first-order valence-corrected chi connectivity index (χ1v) is 18.5. The van der Waals surface area contributed by atoms with E-state index in [2.05, 4.69) is 157 Å². The molecular formula is C47H67N3. The number of rotatable bonds is 6. The summed E-state index contributed by atoms with van der Waals surface area (Å²) in [6.45, 7) is 55.2. The van der Waals surface area contributed by atoms with Crippen LogP contribution < -0.4 is 0 Å². The van der Waals surface area contributed by atoms with Crippen molar-refractivity contribution in [2.24, 2.45) is 0 Å². The molecule has 1 aliphatic heterocycles. The fraction of sp³-hybridized carbons (Fsp3) is 0.489. The Kier molecular flexibility index (Phi) is 10.5. The van der Waals surface area contributed by atoms with Crippen molar-refractivity contribution in [3.63, 3.8) is 0 Å². The van der Waals surface area contributed by atoms with Crippen LogP contribution in [-0.2, 0) is 35.9 Å². The lowest BCUT2D eigenvalue weighted by Gasteiger charge is -2.49. The molecule has 1 fully saturated rings. The van der Waals surface area contributed by atoms with Gasteiger partial charge in [0.25, 0.3) is 0 Å². The van der Waals surface area contributed by atoms with Crippen molar-refractivity contribution in [1.82, 2.24) is 14.7 Å². The first-order chi connectivity index (χ1) is 22.8. The van der Waals surface area contributed by atoms with E-state index in [1.807, 2.05) is 0 Å². The van der Waals surface area contributed by atoms with Crippen molar-refractivity contribution in [3.8, 4) is 0 Å². The van der Waals surface area contributed by atoms with E-state index < -0.39 is 0 Å². The van der Waals surface area contributed by atoms with Crippen LogP contribution in [0.2, 0.25) is 0 Å². The maximum Gasteiger partial charge on any atom is 0.108 e. The standard InChI is InChI=1S/C47H67N3/c1-28-21-39(45(12,13)14)22-29(2)40(28)25-48-36(9)49(26-41-30(3)23-43(46(15,16)17)34(7)32(41)5)38(11)50(37(48)10)27-42-31(4)24-44(47(18,19)20)35(8)33(42)6/h21-24H,9-11,25-27H2,1-8,12-20H3. The fourth-order valence-electron chi connectivity index (χ4n) is 7.90. The molecule has 3 aromatic rings. The summed E-state index contributed by atoms with van der Waals surface area (Å²) in [5.41, 5.74) is 19.1. The molecule has 1 heterocycles. The average Bonchev–Trinajstić information content (AvgIpc) is 2.97. The second-order valence-electron chi connectivity index (χ2n) is 18.3. The monoisotopic (exact) mass is 674 g/mol. The lowest BCUT2D eigenvalue weighted by atomic mass is 9.80. The third-order valence-electron chi connectivity index (χ3n) is 11.5. The fourth-order valence-corrected chi connectivity index (χ4v) is 7.90. The average molecular weight is 674 g/mol. The summed E-state index contributed by atoms with van der Waals surface area (Å²) in [6.07, 6.45) is 0. The molecule has 50 heavy (non-hydrogen) atoms. The molecule has 3 heteroatoms. The predicted molar refractivity (Wildman–Crippen MR) is 217 cm³/mol. The zero-order valence-corrected chi connectivity index (χ0v) is 34.9. The van der Waals surface area contributed by atoms with Crippen LogP contribution in [0.4, 0.5) is 0 Å². The van der Waals surface area contributed by atoms with E-state index in [0.29, 0.717) is 19.6 Å². The lowest BCUT2D eigenvalue weighted by Crippen LogP contribution is -2.48. The molecule has 0 aromatic heterocycles. The number of hydrogen-bond acceptors (Lipinski definition) is 3. The number of benzene rings is 3. The van der Waals surface area contributed by atoms with Gasteiger partial charge in [0.1, 0.15) is 17.5 Å². The summed E-state index contributed by atoms with van der Waals surface area (Å²) in [7, 11) is 0. The summed E-state index contributed by atoms with van der Waals surface area (Å²) < 4.78 is 0. The summed E-state index contributed by atoms with van der Waals surface area (Å²) >= 11 is 0. The SMILES string of the molecule is C=C1N(Cc2c(C)cc(C(C)(C)C)cc2C)C(=C)N(Cc2c(C)cc(C(C)(C)C)c(C)c2C)C(=C)N1Cc1c(C)cc(C(C)(C)C)c(C)c1C. The van der Waals surface area contributed by atoms with E-state index in [1.54, 1.807) is 0 Å². The molecule has 0 atom stereocenters. The van der Waals surface area contributed by atoms with Crippen molar-refractivity contribution in [2.45, 2.75) is 154 Å². The molecule has 0 spiro atoms. The Labute approximate surface area is 306 Å². The van der Waals surface area contributed by atoms with Gasteiger partial charge in [0.05, 0.1) is 19.6 Å². The van der Waals surface area contributed by atoms with E-state index in [0.717, 1.165) is 17.5 Å². The number of nitrogens with zero attached hydrogens (tertiary/aromatic N) is 3. The molecular weight excluding hydrogens is 607 g/mol. The molecule has 0 N–H and O–H groups in total. The topological polar surface area (TPSA) is 9.72 Å². The van der Waals surface area contributed by atoms with Crippen LogP contribution in [0.25, 0.3) is 0 Å². The minimum Gasteiger partial charge on any atom is -0.310 e. The molecule has 1 aliphatic rings. The van der Waals surface area contributed by atoms with Crippen LogP contribution in [0, 0.1) is 55.4 Å². The molecule has 0 bridgehead atoms. The van der Waals surface area contributed by atoms with Gasteiger partial charge in [0.2, 0.25) is 0 Å². The third-order valence-corrected chi connectivity index (χ3v) is 11.5. The van der Waals surface area contributed by atoms with Crippen LogP contribution >= 0.6 is 0 Å². The van der Waals surface area contributed by atoms with Gasteiger partial charge < -0.3 is 14.7 Å². The predicted octanol–water partition coefficient (Wildman–Crippen LogP) is 12.3. The molecule has 1 saturated heterocycles. The first-order valence-electron chi connectivity index (χ1n) is 18.5. The number of aryl methyl sites for hydroxylation is 4. The second kappa shape index (κ2) is 13.4. The Bertz CT molecular complexity index is 1740. The minimum absolute atomic E-state index is 0.0798. The Morgan fingerprint density at radius 3 is 0.960 bits per heavy atom. The summed E-state index contributed by atoms with van der Waals surface area (Å²) in [5.74, 6) is 2.75. The molecule has 3 nitrogen and oxygen atoms in total. The van der Waals surface area contributed by atoms with Gasteiger partial charge in [-0.25, -0.2) is 0 Å². The molecule has 270 valence electrons. The lowest BCUT2D eigenvalue weighted by molar-refractivity contribution is 0.117. The Balaban J connectivity index is 1.86. The molecule has 0 radical (unpaired) electrons. The van der Waals surface area contributed by atoms with E-state index >= 15 is 0 Å². The van der Waals surface area contributed by atoms with Crippen molar-refractivity contribution < 1.29 is 0 Å². The Hall–Kier alpha value is -3.72. The van der Waals surface area contributed by atoms with E-state index in [9.17, 15) is 0 Å². The van der Waals surface area contributed by atoms with Gasteiger partial charge in [-0.3, -0.25) is 0 Å². The maximum absolute atomic E-state index is 4.77. The van der Waals surface area contributed by atoms with Crippen molar-refractivity contribution in [2.75, 3.05) is 0 Å². The molecule has 3 aromatic carbocycles. The highest BCUT2D eigenvalue weighted by atomic mass is 15.5. The normalized spacial score (nSPS) is 14.7. The smallest absolute Gasteiger partial charge is 0.108 e. The van der Waals surface area contributed by atoms with Crippen molar-refractivity contribution in [3.05, 3.63) is 139 Å². The Morgan fingerprint density at radius 1 is 0.400 bits per heavy atom. The van der Waals surface area contributed by atoms with Crippen LogP contribution in [0.3, 0.4) is 0 Å². The molecule has 0 amide bonds. The highest BCUT2D eigenvalue weighted by Gasteiger charge is 2.35. The second-order valence-corrected chi connectivity index (χ2v) is 18.3.